The van der Waals surface area contributed by atoms with E-state index in [0.717, 1.165) is 24.2 Å². The van der Waals surface area contributed by atoms with E-state index in [2.05, 4.69) is 12.1 Å². The molecule has 0 aliphatic rings. The van der Waals surface area contributed by atoms with Crippen molar-refractivity contribution in [2.75, 3.05) is 6.61 Å². The van der Waals surface area contributed by atoms with Crippen molar-refractivity contribution in [2.45, 2.75) is 33.1 Å². The van der Waals surface area contributed by atoms with Crippen molar-refractivity contribution >= 4 is 0 Å². The number of nitrogens with zero attached hydrogens (tertiary/aromatic N) is 2. The van der Waals surface area contributed by atoms with Crippen LogP contribution in [0, 0.1) is 28.1 Å². The minimum absolute atomic E-state index is 0.278. The molecule has 0 spiro atoms. The quantitative estimate of drug-likeness (QED) is 0.718. The second-order valence-corrected chi connectivity index (χ2v) is 4.93. The molecule has 0 fully saturated rings. The first kappa shape index (κ1) is 14.1. The maximum Gasteiger partial charge on any atom is 0.119 e. The van der Waals surface area contributed by atoms with Gasteiger partial charge in [-0.05, 0) is 44.4 Å². The fourth-order valence-electron chi connectivity index (χ4n) is 1.55. The van der Waals surface area contributed by atoms with Crippen molar-refractivity contribution in [3.63, 3.8) is 0 Å². The zero-order valence-electron chi connectivity index (χ0n) is 10.9. The van der Waals surface area contributed by atoms with Gasteiger partial charge in [0.1, 0.15) is 5.75 Å². The van der Waals surface area contributed by atoms with Gasteiger partial charge in [0.25, 0.3) is 0 Å². The van der Waals surface area contributed by atoms with Gasteiger partial charge in [0.15, 0.2) is 0 Å². The number of rotatable bonds is 6. The molecule has 3 heteroatoms. The summed E-state index contributed by atoms with van der Waals surface area (Å²) in [6, 6.07) is 11.9. The van der Waals surface area contributed by atoms with Gasteiger partial charge in [0.05, 0.1) is 30.6 Å². The molecule has 1 aromatic carbocycles. The van der Waals surface area contributed by atoms with Crippen LogP contribution in [-0.2, 0) is 6.42 Å². The lowest BCUT2D eigenvalue weighted by molar-refractivity contribution is 0.284. The molecule has 94 valence electrons. The Bertz CT molecular complexity index is 449. The third-order valence-electron chi connectivity index (χ3n) is 2.72. The zero-order chi connectivity index (χ0) is 13.4. The van der Waals surface area contributed by atoms with E-state index in [1.807, 2.05) is 38.1 Å². The molecule has 1 aromatic rings. The maximum atomic E-state index is 8.87. The molecule has 0 aromatic heterocycles. The van der Waals surface area contributed by atoms with Crippen molar-refractivity contribution in [3.8, 4) is 17.9 Å². The summed E-state index contributed by atoms with van der Waals surface area (Å²) in [5, 5.41) is 17.4. The van der Waals surface area contributed by atoms with Gasteiger partial charge in [-0.1, -0.05) is 12.1 Å². The van der Waals surface area contributed by atoms with Crippen molar-refractivity contribution < 1.29 is 4.74 Å². The largest absolute Gasteiger partial charge is 0.494 e. The summed E-state index contributed by atoms with van der Waals surface area (Å²) in [4.78, 5) is 0. The third-order valence-corrected chi connectivity index (χ3v) is 2.72. The first-order valence-corrected chi connectivity index (χ1v) is 6.07. The highest BCUT2D eigenvalue weighted by Crippen LogP contribution is 2.21. The van der Waals surface area contributed by atoms with Crippen molar-refractivity contribution in [1.29, 1.82) is 10.5 Å². The van der Waals surface area contributed by atoms with E-state index in [9.17, 15) is 0 Å². The molecule has 1 rings (SSSR count). The standard InChI is InChI=1S/C15H18N2O/c1-15(2,12-17)9-3-11-18-14-6-4-13(5-7-14)8-10-16/h4-7H,3,8-9,11H2,1-2H3. The summed E-state index contributed by atoms with van der Waals surface area (Å²) in [6.45, 7) is 4.48. The summed E-state index contributed by atoms with van der Waals surface area (Å²) in [7, 11) is 0. The lowest BCUT2D eigenvalue weighted by Gasteiger charge is -2.14. The van der Waals surface area contributed by atoms with E-state index in [1.54, 1.807) is 0 Å². The normalized spacial score (nSPS) is 10.4. The molecular weight excluding hydrogens is 224 g/mol. The molecule has 0 unspecified atom stereocenters. The van der Waals surface area contributed by atoms with Crippen LogP contribution >= 0.6 is 0 Å². The van der Waals surface area contributed by atoms with Crippen molar-refractivity contribution in [2.24, 2.45) is 5.41 Å². The molecule has 0 amide bonds. The average Bonchev–Trinajstić information content (AvgIpc) is 2.37. The Hall–Kier alpha value is -2.00. The number of hydrogen-bond acceptors (Lipinski definition) is 3. The maximum absolute atomic E-state index is 8.87. The average molecular weight is 242 g/mol. The van der Waals surface area contributed by atoms with Gasteiger partial charge >= 0.3 is 0 Å². The number of nitriles is 2. The van der Waals surface area contributed by atoms with Crippen LogP contribution in [0.5, 0.6) is 5.75 Å². The molecule has 0 bridgehead atoms. The van der Waals surface area contributed by atoms with E-state index in [1.165, 1.54) is 0 Å². The lowest BCUT2D eigenvalue weighted by Crippen LogP contribution is -2.10. The zero-order valence-corrected chi connectivity index (χ0v) is 10.9. The van der Waals surface area contributed by atoms with Crippen LogP contribution < -0.4 is 4.74 Å². The second-order valence-electron chi connectivity index (χ2n) is 4.93. The first-order valence-electron chi connectivity index (χ1n) is 6.07. The Kier molecular flexibility index (Phi) is 5.21. The fraction of sp³-hybridized carbons (Fsp3) is 0.467. The van der Waals surface area contributed by atoms with E-state index in [-0.39, 0.29) is 5.41 Å². The minimum atomic E-state index is -0.278. The summed E-state index contributed by atoms with van der Waals surface area (Å²) >= 11 is 0. The minimum Gasteiger partial charge on any atom is -0.494 e. The molecule has 18 heavy (non-hydrogen) atoms. The van der Waals surface area contributed by atoms with E-state index in [0.29, 0.717) is 13.0 Å². The predicted octanol–water partition coefficient (Wildman–Crippen LogP) is 3.46. The highest BCUT2D eigenvalue weighted by atomic mass is 16.5. The van der Waals surface area contributed by atoms with Gasteiger partial charge in [-0.2, -0.15) is 10.5 Å². The van der Waals surface area contributed by atoms with Crippen molar-refractivity contribution in [1.82, 2.24) is 0 Å². The number of ether oxygens (including phenoxy) is 1. The van der Waals surface area contributed by atoms with Crippen LogP contribution in [0.1, 0.15) is 32.3 Å². The Morgan fingerprint density at radius 3 is 2.39 bits per heavy atom. The Morgan fingerprint density at radius 2 is 1.83 bits per heavy atom. The monoisotopic (exact) mass is 242 g/mol. The summed E-state index contributed by atoms with van der Waals surface area (Å²) < 4.78 is 5.59. The van der Waals surface area contributed by atoms with Crippen LogP contribution in [0.15, 0.2) is 24.3 Å². The highest BCUT2D eigenvalue weighted by Gasteiger charge is 2.15. The van der Waals surface area contributed by atoms with Gasteiger partial charge in [-0.3, -0.25) is 0 Å². The molecule has 0 aliphatic heterocycles. The molecule has 0 radical (unpaired) electrons. The molecule has 0 aliphatic carbocycles. The summed E-state index contributed by atoms with van der Waals surface area (Å²) in [5.41, 5.74) is 0.718. The molecule has 0 heterocycles. The van der Waals surface area contributed by atoms with Crippen LogP contribution in [0.2, 0.25) is 0 Å². The van der Waals surface area contributed by atoms with Gasteiger partial charge in [-0.15, -0.1) is 0 Å². The van der Waals surface area contributed by atoms with Crippen molar-refractivity contribution in [3.05, 3.63) is 29.8 Å². The SMILES string of the molecule is CC(C)(C#N)CCCOc1ccc(CC#N)cc1. The van der Waals surface area contributed by atoms with Gasteiger partial charge in [0, 0.05) is 0 Å². The fourth-order valence-corrected chi connectivity index (χ4v) is 1.55. The van der Waals surface area contributed by atoms with E-state index in [4.69, 9.17) is 15.3 Å². The Labute approximate surface area is 109 Å². The topological polar surface area (TPSA) is 56.8 Å². The molecule has 0 N–H and O–H groups in total. The van der Waals surface area contributed by atoms with E-state index < -0.39 is 0 Å². The Morgan fingerprint density at radius 1 is 1.17 bits per heavy atom. The smallest absolute Gasteiger partial charge is 0.119 e. The summed E-state index contributed by atoms with van der Waals surface area (Å²) in [5.74, 6) is 0.812. The molecule has 0 saturated carbocycles. The van der Waals surface area contributed by atoms with E-state index >= 15 is 0 Å². The van der Waals surface area contributed by atoms with Gasteiger partial charge < -0.3 is 4.74 Å². The lowest BCUT2D eigenvalue weighted by atomic mass is 9.90. The number of hydrogen-bond donors (Lipinski definition) is 0. The number of benzene rings is 1. The predicted molar refractivity (Wildman–Crippen MR) is 69.9 cm³/mol. The third kappa shape index (κ3) is 4.89. The van der Waals surface area contributed by atoms with Crippen LogP contribution in [0.3, 0.4) is 0 Å². The first-order chi connectivity index (χ1) is 8.57. The van der Waals surface area contributed by atoms with Crippen LogP contribution in [-0.4, -0.2) is 6.61 Å². The second kappa shape index (κ2) is 6.67. The van der Waals surface area contributed by atoms with Crippen LogP contribution in [0.4, 0.5) is 0 Å². The molecule has 3 nitrogen and oxygen atoms in total. The molecule has 0 saturated heterocycles. The van der Waals surface area contributed by atoms with Gasteiger partial charge in [-0.25, -0.2) is 0 Å². The summed E-state index contributed by atoms with van der Waals surface area (Å²) in [6.07, 6.45) is 2.12. The van der Waals surface area contributed by atoms with Gasteiger partial charge in [0.2, 0.25) is 0 Å². The molecule has 0 atom stereocenters. The highest BCUT2D eigenvalue weighted by molar-refractivity contribution is 5.28. The molecular formula is C15H18N2O. The van der Waals surface area contributed by atoms with Crippen LogP contribution in [0.25, 0.3) is 0 Å². The Balaban J connectivity index is 2.32.